The summed E-state index contributed by atoms with van der Waals surface area (Å²) in [6.45, 7) is 4.47. The number of carbonyl (C=O) groups is 1. The van der Waals surface area contributed by atoms with Crippen molar-refractivity contribution in [2.24, 2.45) is 0 Å². The summed E-state index contributed by atoms with van der Waals surface area (Å²) in [6, 6.07) is 1.29. The molecule has 0 unspecified atom stereocenters. The zero-order valence-electron chi connectivity index (χ0n) is 12.9. The molecule has 0 aliphatic carbocycles. The Morgan fingerprint density at radius 2 is 2.27 bits per heavy atom. The van der Waals surface area contributed by atoms with Crippen LogP contribution in [-0.4, -0.2) is 41.1 Å². The minimum Gasteiger partial charge on any atom is -0.375 e. The molecule has 0 radical (unpaired) electrons. The van der Waals surface area contributed by atoms with Gasteiger partial charge in [-0.05, 0) is 32.8 Å². The quantitative estimate of drug-likeness (QED) is 0.648. The number of hydrogen-bond donors (Lipinski definition) is 2. The van der Waals surface area contributed by atoms with E-state index in [0.29, 0.717) is 19.4 Å². The zero-order chi connectivity index (χ0) is 16.3. The van der Waals surface area contributed by atoms with Crippen LogP contribution in [0.3, 0.4) is 0 Å². The molecule has 0 aromatic carbocycles. The highest BCUT2D eigenvalue weighted by Crippen LogP contribution is 2.27. The topological polar surface area (TPSA) is 106 Å². The fourth-order valence-corrected chi connectivity index (χ4v) is 2.62. The van der Waals surface area contributed by atoms with Gasteiger partial charge in [-0.25, -0.2) is 4.98 Å². The van der Waals surface area contributed by atoms with Crippen molar-refractivity contribution in [3.63, 3.8) is 0 Å². The number of hydrogen-bond acceptors (Lipinski definition) is 6. The van der Waals surface area contributed by atoms with E-state index in [-0.39, 0.29) is 28.7 Å². The number of ether oxygens (including phenoxy) is 1. The molecular weight excluding hydrogens is 288 g/mol. The second-order valence-corrected chi connectivity index (χ2v) is 5.83. The lowest BCUT2D eigenvalue weighted by atomic mass is 9.93. The van der Waals surface area contributed by atoms with Crippen molar-refractivity contribution < 1.29 is 14.5 Å². The van der Waals surface area contributed by atoms with E-state index in [4.69, 9.17) is 4.74 Å². The summed E-state index contributed by atoms with van der Waals surface area (Å²) in [7, 11) is 1.53. The maximum Gasteiger partial charge on any atom is 0.324 e. The largest absolute Gasteiger partial charge is 0.375 e. The highest BCUT2D eigenvalue weighted by atomic mass is 16.6. The number of pyridine rings is 1. The molecule has 1 aromatic rings. The summed E-state index contributed by atoms with van der Waals surface area (Å²) in [4.78, 5) is 26.9. The van der Waals surface area contributed by atoms with E-state index >= 15 is 0 Å². The number of amides is 1. The van der Waals surface area contributed by atoms with Gasteiger partial charge >= 0.3 is 5.69 Å². The molecule has 8 nitrogen and oxygen atoms in total. The Kier molecular flexibility index (Phi) is 4.60. The lowest BCUT2D eigenvalue weighted by Crippen LogP contribution is -2.45. The molecule has 0 saturated carbocycles. The van der Waals surface area contributed by atoms with Crippen LogP contribution >= 0.6 is 0 Å². The summed E-state index contributed by atoms with van der Waals surface area (Å²) in [5.74, 6) is -0.391. The van der Waals surface area contributed by atoms with Gasteiger partial charge in [-0.15, -0.1) is 0 Å². The minimum atomic E-state index is -0.596. The first-order valence-electron chi connectivity index (χ1n) is 7.10. The Hall–Kier alpha value is -2.22. The van der Waals surface area contributed by atoms with Crippen molar-refractivity contribution in [3.05, 3.63) is 27.9 Å². The van der Waals surface area contributed by atoms with Gasteiger partial charge in [0, 0.05) is 25.9 Å². The minimum absolute atomic E-state index is 0.00801. The molecule has 1 aliphatic heterocycles. The van der Waals surface area contributed by atoms with Gasteiger partial charge in [0.2, 0.25) is 5.82 Å². The van der Waals surface area contributed by atoms with E-state index in [0.717, 1.165) is 0 Å². The number of carbonyl (C=O) groups excluding carboxylic acids is 1. The molecule has 2 N–H and O–H groups in total. The second kappa shape index (κ2) is 6.27. The van der Waals surface area contributed by atoms with Gasteiger partial charge in [0.05, 0.1) is 10.5 Å². The van der Waals surface area contributed by atoms with Crippen molar-refractivity contribution in [2.75, 3.05) is 19.0 Å². The average molecular weight is 308 g/mol. The summed E-state index contributed by atoms with van der Waals surface area (Å²) < 4.78 is 5.60. The van der Waals surface area contributed by atoms with Crippen LogP contribution in [-0.2, 0) is 4.74 Å². The van der Waals surface area contributed by atoms with E-state index in [1.54, 1.807) is 0 Å². The maximum atomic E-state index is 12.4. The molecule has 1 aliphatic rings. The summed E-state index contributed by atoms with van der Waals surface area (Å²) in [5.41, 5.74) is -0.612. The molecule has 0 spiro atoms. The normalized spacial score (nSPS) is 20.2. The third kappa shape index (κ3) is 3.51. The van der Waals surface area contributed by atoms with Crippen LogP contribution in [0.2, 0.25) is 0 Å². The van der Waals surface area contributed by atoms with E-state index < -0.39 is 10.8 Å². The number of nitrogens with zero attached hydrogens (tertiary/aromatic N) is 2. The number of nitrogens with one attached hydrogen (secondary N) is 2. The first kappa shape index (κ1) is 16.2. The fraction of sp³-hybridized carbons (Fsp3) is 0.571. The van der Waals surface area contributed by atoms with Gasteiger partial charge in [0.15, 0.2) is 0 Å². The van der Waals surface area contributed by atoms with Crippen molar-refractivity contribution in [1.29, 1.82) is 0 Å². The SMILES string of the molecule is CNc1nccc(C(=O)N[C@@H]2CCOC(C)(C)C2)c1[N+](=O)[O-]. The fourth-order valence-electron chi connectivity index (χ4n) is 2.62. The third-order valence-corrected chi connectivity index (χ3v) is 3.62. The Labute approximate surface area is 128 Å². The smallest absolute Gasteiger partial charge is 0.324 e. The molecule has 1 amide bonds. The van der Waals surface area contributed by atoms with E-state index in [2.05, 4.69) is 15.6 Å². The average Bonchev–Trinajstić information content (AvgIpc) is 2.45. The van der Waals surface area contributed by atoms with Crippen molar-refractivity contribution in [3.8, 4) is 0 Å². The predicted molar refractivity (Wildman–Crippen MR) is 81.0 cm³/mol. The molecule has 22 heavy (non-hydrogen) atoms. The summed E-state index contributed by atoms with van der Waals surface area (Å²) >= 11 is 0. The lowest BCUT2D eigenvalue weighted by molar-refractivity contribution is -0.384. The monoisotopic (exact) mass is 308 g/mol. The maximum absolute atomic E-state index is 12.4. The van der Waals surface area contributed by atoms with Crippen LogP contribution in [0.4, 0.5) is 11.5 Å². The van der Waals surface area contributed by atoms with Crippen molar-refractivity contribution in [1.82, 2.24) is 10.3 Å². The molecular formula is C14H20N4O4. The molecule has 1 saturated heterocycles. The molecule has 0 bridgehead atoms. The van der Waals surface area contributed by atoms with Crippen LogP contribution in [0.5, 0.6) is 0 Å². The second-order valence-electron chi connectivity index (χ2n) is 5.83. The van der Waals surface area contributed by atoms with E-state index in [1.807, 2.05) is 13.8 Å². The summed E-state index contributed by atoms with van der Waals surface area (Å²) in [6.07, 6.45) is 2.73. The molecule has 2 rings (SSSR count). The van der Waals surface area contributed by atoms with Crippen LogP contribution in [0.15, 0.2) is 12.3 Å². The van der Waals surface area contributed by atoms with Crippen LogP contribution in [0, 0.1) is 10.1 Å². The molecule has 120 valence electrons. The molecule has 1 aromatic heterocycles. The third-order valence-electron chi connectivity index (χ3n) is 3.62. The van der Waals surface area contributed by atoms with Gasteiger partial charge in [-0.3, -0.25) is 14.9 Å². The standard InChI is InChI=1S/C14H20N4O4/c1-14(2)8-9(5-7-22-14)17-13(19)10-4-6-16-12(15-3)11(10)18(20)21/h4,6,9H,5,7-8H2,1-3H3,(H,15,16)(H,17,19)/t9-/m1/s1. The Morgan fingerprint density at radius 3 is 2.86 bits per heavy atom. The van der Waals surface area contributed by atoms with Crippen molar-refractivity contribution in [2.45, 2.75) is 38.3 Å². The highest BCUT2D eigenvalue weighted by molar-refractivity contribution is 6.00. The van der Waals surface area contributed by atoms with Crippen LogP contribution < -0.4 is 10.6 Å². The van der Waals surface area contributed by atoms with Gasteiger partial charge in [0.25, 0.3) is 5.91 Å². The van der Waals surface area contributed by atoms with Crippen LogP contribution in [0.1, 0.15) is 37.0 Å². The van der Waals surface area contributed by atoms with Gasteiger partial charge in [-0.2, -0.15) is 0 Å². The van der Waals surface area contributed by atoms with Gasteiger partial charge in [-0.1, -0.05) is 0 Å². The Balaban J connectivity index is 2.21. The molecule has 8 heteroatoms. The predicted octanol–water partition coefficient (Wildman–Crippen LogP) is 1.72. The van der Waals surface area contributed by atoms with Crippen molar-refractivity contribution >= 4 is 17.4 Å². The molecule has 1 atom stereocenters. The first-order valence-corrected chi connectivity index (χ1v) is 7.10. The highest BCUT2D eigenvalue weighted by Gasteiger charge is 2.32. The lowest BCUT2D eigenvalue weighted by Gasteiger charge is -2.35. The van der Waals surface area contributed by atoms with E-state index in [9.17, 15) is 14.9 Å². The zero-order valence-corrected chi connectivity index (χ0v) is 12.9. The number of rotatable bonds is 4. The summed E-state index contributed by atoms with van der Waals surface area (Å²) in [5, 5.41) is 16.7. The Bertz CT molecular complexity index is 588. The first-order chi connectivity index (χ1) is 10.3. The van der Waals surface area contributed by atoms with Gasteiger partial charge in [0.1, 0.15) is 5.56 Å². The number of aromatic nitrogens is 1. The number of anilines is 1. The van der Waals surface area contributed by atoms with E-state index in [1.165, 1.54) is 19.3 Å². The Morgan fingerprint density at radius 1 is 1.55 bits per heavy atom. The molecule has 2 heterocycles. The van der Waals surface area contributed by atoms with Crippen LogP contribution in [0.25, 0.3) is 0 Å². The van der Waals surface area contributed by atoms with Gasteiger partial charge < -0.3 is 15.4 Å². The molecule has 1 fully saturated rings. The number of nitro groups is 1.